The van der Waals surface area contributed by atoms with Crippen LogP contribution in [0.4, 0.5) is 0 Å². The standard InChI is InChI=1S/C4H4O/c1-3-4(2)5-3/h1-2H2. The lowest BCUT2D eigenvalue weighted by molar-refractivity contribution is 0.672. The molecule has 0 aliphatic rings. The third kappa shape index (κ3) is 0.193. The van der Waals surface area contributed by atoms with Gasteiger partial charge in [0.05, 0.1) is 6.92 Å². The van der Waals surface area contributed by atoms with Gasteiger partial charge in [-0.1, -0.05) is 0 Å². The fourth-order valence-electron chi connectivity index (χ4n) is 0.123. The molecule has 0 fully saturated rings. The Morgan fingerprint density at radius 2 is 1.40 bits per heavy atom. The van der Waals surface area contributed by atoms with Gasteiger partial charge >= 0.3 is 11.5 Å². The van der Waals surface area contributed by atoms with E-state index < -0.39 is 0 Å². The number of hydrogen-bond donors (Lipinski definition) is 0. The van der Waals surface area contributed by atoms with Crippen LogP contribution in [0.15, 0.2) is 4.42 Å². The summed E-state index contributed by atoms with van der Waals surface area (Å²) in [6.07, 6.45) is 0. The Bertz CT molecular complexity index is 87.8. The minimum absolute atomic E-state index is 0.727. The zero-order valence-corrected chi connectivity index (χ0v) is 2.82. The highest BCUT2D eigenvalue weighted by Crippen LogP contribution is 2.12. The molecule has 1 heteroatoms. The molecule has 5 heavy (non-hydrogen) atoms. The molecule has 1 rings (SSSR count). The molecule has 0 atom stereocenters. The Morgan fingerprint density at radius 3 is 1.40 bits per heavy atom. The molecule has 0 bridgehead atoms. The molecule has 0 unspecified atom stereocenters. The van der Waals surface area contributed by atoms with Crippen molar-refractivity contribution in [2.24, 2.45) is 0 Å². The first-order valence-corrected chi connectivity index (χ1v) is 1.37. The first-order chi connectivity index (χ1) is 2.30. The fraction of sp³-hybridized carbons (Fsp3) is 0. The largest absolute Gasteiger partial charge is 0.368 e. The highest BCUT2D eigenvalue weighted by Gasteiger charge is 2.18. The zero-order valence-electron chi connectivity index (χ0n) is 2.82. The predicted molar refractivity (Wildman–Crippen MR) is 18.8 cm³/mol. The first-order valence-electron chi connectivity index (χ1n) is 1.37. The third-order valence-electron chi connectivity index (χ3n) is 0.516. The van der Waals surface area contributed by atoms with Crippen LogP contribution in [0.1, 0.15) is 11.5 Å². The Balaban J connectivity index is 2.73. The predicted octanol–water partition coefficient (Wildman–Crippen LogP) is 1.08. The molecular weight excluding hydrogens is 64.0 g/mol. The van der Waals surface area contributed by atoms with E-state index in [1.54, 1.807) is 0 Å². The van der Waals surface area contributed by atoms with Crippen molar-refractivity contribution in [1.82, 2.24) is 0 Å². The summed E-state index contributed by atoms with van der Waals surface area (Å²) in [5.74, 6) is 1.45. The van der Waals surface area contributed by atoms with Crippen molar-refractivity contribution >= 4 is 0 Å². The van der Waals surface area contributed by atoms with E-state index in [0.29, 0.717) is 0 Å². The van der Waals surface area contributed by atoms with Gasteiger partial charge in [0.25, 0.3) is 0 Å². The first kappa shape index (κ1) is 2.51. The highest BCUT2D eigenvalue weighted by molar-refractivity contribution is 5.17. The highest BCUT2D eigenvalue weighted by atomic mass is 16.4. The second-order valence-corrected chi connectivity index (χ2v) is 0.948. The van der Waals surface area contributed by atoms with Crippen LogP contribution in [0.3, 0.4) is 0 Å². The lowest BCUT2D eigenvalue weighted by atomic mass is 10.5. The fourth-order valence-corrected chi connectivity index (χ4v) is 0.123. The zero-order chi connectivity index (χ0) is 3.86. The average Bonchev–Trinajstić information content (AvgIpc) is 1.79. The molecule has 0 amide bonds. The summed E-state index contributed by atoms with van der Waals surface area (Å²) >= 11 is 0. The minimum Gasteiger partial charge on any atom is -0.292 e. The number of hydrogen-bond acceptors (Lipinski definition) is 1. The van der Waals surface area contributed by atoms with Gasteiger partial charge in [-0.15, -0.1) is 0 Å². The summed E-state index contributed by atoms with van der Waals surface area (Å²) in [5.41, 5.74) is 0. The summed E-state index contributed by atoms with van der Waals surface area (Å²) in [6.45, 7) is 6.85. The molecule has 1 aromatic heterocycles. The molecule has 0 N–H and O–H groups in total. The van der Waals surface area contributed by atoms with Crippen LogP contribution in [-0.2, 0) is 0 Å². The molecule has 0 aliphatic heterocycles. The molecule has 1 nitrogen and oxygen atoms in total. The van der Waals surface area contributed by atoms with Crippen LogP contribution in [0.25, 0.3) is 0 Å². The van der Waals surface area contributed by atoms with Crippen LogP contribution >= 0.6 is 0 Å². The summed E-state index contributed by atoms with van der Waals surface area (Å²) in [6, 6.07) is 0. The van der Waals surface area contributed by atoms with E-state index in [0.717, 1.165) is 11.5 Å². The monoisotopic (exact) mass is 68.0 g/mol. The lowest BCUT2D eigenvalue weighted by Gasteiger charge is -1.24. The van der Waals surface area contributed by atoms with Crippen molar-refractivity contribution in [1.29, 1.82) is 0 Å². The van der Waals surface area contributed by atoms with Crippen LogP contribution in [0, 0.1) is 13.8 Å². The van der Waals surface area contributed by atoms with Gasteiger partial charge in [-0.3, -0.25) is 4.42 Å². The van der Waals surface area contributed by atoms with E-state index >= 15 is 0 Å². The van der Waals surface area contributed by atoms with Gasteiger partial charge in [0, 0.05) is 6.92 Å². The third-order valence-corrected chi connectivity index (χ3v) is 0.516. The van der Waals surface area contributed by atoms with Gasteiger partial charge in [0.1, 0.15) is 0 Å². The van der Waals surface area contributed by atoms with Gasteiger partial charge in [-0.25, -0.2) is 0 Å². The van der Waals surface area contributed by atoms with Crippen molar-refractivity contribution < 1.29 is 4.42 Å². The van der Waals surface area contributed by atoms with Gasteiger partial charge in [0.2, 0.25) is 0 Å². The molecule has 0 saturated carbocycles. The second-order valence-electron chi connectivity index (χ2n) is 0.948. The minimum atomic E-state index is 0.727. The van der Waals surface area contributed by atoms with Gasteiger partial charge in [0.15, 0.2) is 0 Å². The van der Waals surface area contributed by atoms with Crippen molar-refractivity contribution in [3.05, 3.63) is 25.4 Å². The lowest BCUT2D eigenvalue weighted by Crippen LogP contribution is -1.37. The van der Waals surface area contributed by atoms with E-state index in [9.17, 15) is 0 Å². The van der Waals surface area contributed by atoms with E-state index in [2.05, 4.69) is 18.3 Å². The van der Waals surface area contributed by atoms with Gasteiger partial charge in [-0.05, 0) is 0 Å². The molecule has 1 aromatic rings. The van der Waals surface area contributed by atoms with Crippen molar-refractivity contribution in [3.8, 4) is 0 Å². The summed E-state index contributed by atoms with van der Waals surface area (Å²) in [7, 11) is 0. The Hall–Kier alpha value is -0.720. The molecule has 26 valence electrons. The Morgan fingerprint density at radius 1 is 1.20 bits per heavy atom. The van der Waals surface area contributed by atoms with Crippen molar-refractivity contribution in [3.63, 3.8) is 0 Å². The van der Waals surface area contributed by atoms with Crippen molar-refractivity contribution in [2.45, 2.75) is 0 Å². The maximum atomic E-state index is 4.53. The molecule has 0 aromatic carbocycles. The SMILES string of the molecule is [CH2-][c+]1o[c+]1[CH2-]. The van der Waals surface area contributed by atoms with E-state index in [-0.39, 0.29) is 0 Å². The quantitative estimate of drug-likeness (QED) is 0.415. The molecule has 0 saturated heterocycles. The normalized spacial score (nSPS) is 9.60. The van der Waals surface area contributed by atoms with Gasteiger partial charge < -0.3 is 0 Å². The topological polar surface area (TPSA) is 13.1 Å². The van der Waals surface area contributed by atoms with Crippen LogP contribution < -0.4 is 0 Å². The molecule has 0 radical (unpaired) electrons. The molecule has 1 heterocycles. The van der Waals surface area contributed by atoms with Crippen LogP contribution in [0.5, 0.6) is 0 Å². The smallest absolute Gasteiger partial charge is 0.292 e. The van der Waals surface area contributed by atoms with Gasteiger partial charge in [-0.2, -0.15) is 0 Å². The molecular formula is C4H4O. The van der Waals surface area contributed by atoms with E-state index in [1.807, 2.05) is 0 Å². The maximum absolute atomic E-state index is 4.53. The summed E-state index contributed by atoms with van der Waals surface area (Å²) in [5, 5.41) is 0. The van der Waals surface area contributed by atoms with Crippen molar-refractivity contribution in [2.75, 3.05) is 0 Å². The summed E-state index contributed by atoms with van der Waals surface area (Å²) in [4.78, 5) is 0. The van der Waals surface area contributed by atoms with E-state index in [1.165, 1.54) is 0 Å². The maximum Gasteiger partial charge on any atom is 0.368 e. The molecule has 0 aliphatic carbocycles. The summed E-state index contributed by atoms with van der Waals surface area (Å²) < 4.78 is 4.53. The van der Waals surface area contributed by atoms with E-state index in [4.69, 9.17) is 0 Å². The van der Waals surface area contributed by atoms with Crippen LogP contribution in [0.2, 0.25) is 0 Å². The second kappa shape index (κ2) is 0.432. The number of rotatable bonds is 0. The Labute approximate surface area is 30.9 Å². The molecule has 0 spiro atoms. The Kier molecular flexibility index (Phi) is 0.217. The van der Waals surface area contributed by atoms with Crippen LogP contribution in [-0.4, -0.2) is 0 Å². The average molecular weight is 68.1 g/mol.